The van der Waals surface area contributed by atoms with Crippen LogP contribution in [0.3, 0.4) is 0 Å². The predicted molar refractivity (Wildman–Crippen MR) is 64.8 cm³/mol. The number of amides is 1. The quantitative estimate of drug-likeness (QED) is 0.640. The van der Waals surface area contributed by atoms with Crippen LogP contribution in [0.15, 0.2) is 23.1 Å². The molecule has 0 bridgehead atoms. The molecule has 86 valence electrons. The van der Waals surface area contributed by atoms with E-state index in [1.165, 1.54) is 0 Å². The van der Waals surface area contributed by atoms with E-state index in [9.17, 15) is 13.2 Å². The monoisotopic (exact) mass is 303 g/mol. The van der Waals surface area contributed by atoms with Gasteiger partial charge in [0.1, 0.15) is 0 Å². The fourth-order valence-corrected chi connectivity index (χ4v) is 3.64. The highest BCUT2D eigenvalue weighted by Crippen LogP contribution is 2.27. The number of halogens is 1. The van der Waals surface area contributed by atoms with Gasteiger partial charge in [-0.05, 0) is 36.6 Å². The number of sulfone groups is 1. The molecule has 0 saturated carbocycles. The summed E-state index contributed by atoms with van der Waals surface area (Å²) < 4.78 is 23.4. The van der Waals surface area contributed by atoms with Gasteiger partial charge >= 0.3 is 0 Å². The molecule has 6 heteroatoms. The SMILES string of the molecule is O=C(Br)Nc1ccc2c(c1)CCCS2(=O)=O. The van der Waals surface area contributed by atoms with E-state index in [2.05, 4.69) is 21.2 Å². The summed E-state index contributed by atoms with van der Waals surface area (Å²) in [6.45, 7) is 0. The zero-order chi connectivity index (χ0) is 11.8. The van der Waals surface area contributed by atoms with Gasteiger partial charge in [-0.2, -0.15) is 0 Å². The zero-order valence-electron chi connectivity index (χ0n) is 8.36. The van der Waals surface area contributed by atoms with Gasteiger partial charge in [0, 0.05) is 21.6 Å². The number of aryl methyl sites for hydroxylation is 1. The molecule has 4 nitrogen and oxygen atoms in total. The summed E-state index contributed by atoms with van der Waals surface area (Å²) in [5.41, 5.74) is 1.39. The minimum Gasteiger partial charge on any atom is -0.317 e. The van der Waals surface area contributed by atoms with Gasteiger partial charge in [-0.25, -0.2) is 8.42 Å². The van der Waals surface area contributed by atoms with Crippen LogP contribution in [0.1, 0.15) is 12.0 Å². The third-order valence-electron chi connectivity index (χ3n) is 2.50. The van der Waals surface area contributed by atoms with Gasteiger partial charge in [0.15, 0.2) is 9.84 Å². The number of carbonyl (C=O) groups is 1. The van der Waals surface area contributed by atoms with Gasteiger partial charge in [0.25, 0.3) is 4.82 Å². The Morgan fingerprint density at radius 3 is 2.81 bits per heavy atom. The molecule has 0 unspecified atom stereocenters. The van der Waals surface area contributed by atoms with Crippen molar-refractivity contribution in [2.75, 3.05) is 11.1 Å². The van der Waals surface area contributed by atoms with Crippen molar-refractivity contribution in [1.82, 2.24) is 0 Å². The molecular formula is C10H10BrNO3S. The summed E-state index contributed by atoms with van der Waals surface area (Å²) >= 11 is 2.76. The highest BCUT2D eigenvalue weighted by Gasteiger charge is 2.23. The van der Waals surface area contributed by atoms with Crippen molar-refractivity contribution in [3.05, 3.63) is 23.8 Å². The van der Waals surface area contributed by atoms with Crippen molar-refractivity contribution in [3.63, 3.8) is 0 Å². The molecule has 1 N–H and O–H groups in total. The van der Waals surface area contributed by atoms with Crippen LogP contribution >= 0.6 is 15.9 Å². The van der Waals surface area contributed by atoms with Gasteiger partial charge < -0.3 is 5.32 Å². The Bertz CT molecular complexity index is 539. The number of anilines is 1. The Labute approximate surface area is 102 Å². The molecule has 1 amide bonds. The highest BCUT2D eigenvalue weighted by molar-refractivity contribution is 9.18. The summed E-state index contributed by atoms with van der Waals surface area (Å²) in [7, 11) is -3.11. The third kappa shape index (κ3) is 2.27. The van der Waals surface area contributed by atoms with Gasteiger partial charge in [-0.1, -0.05) is 0 Å². The van der Waals surface area contributed by atoms with Crippen molar-refractivity contribution < 1.29 is 13.2 Å². The average molecular weight is 304 g/mol. The van der Waals surface area contributed by atoms with Crippen molar-refractivity contribution in [1.29, 1.82) is 0 Å². The van der Waals surface area contributed by atoms with Crippen molar-refractivity contribution >= 4 is 36.3 Å². The maximum Gasteiger partial charge on any atom is 0.291 e. The first kappa shape index (κ1) is 11.6. The number of benzene rings is 1. The molecule has 2 rings (SSSR count). The molecule has 16 heavy (non-hydrogen) atoms. The number of rotatable bonds is 1. The zero-order valence-corrected chi connectivity index (χ0v) is 10.8. The Morgan fingerprint density at radius 2 is 2.12 bits per heavy atom. The van der Waals surface area contributed by atoms with Gasteiger partial charge in [-0.15, -0.1) is 0 Å². The number of hydrogen-bond donors (Lipinski definition) is 1. The summed E-state index contributed by atoms with van der Waals surface area (Å²) in [4.78, 5) is 10.8. The van der Waals surface area contributed by atoms with Crippen LogP contribution in [-0.4, -0.2) is 19.0 Å². The van der Waals surface area contributed by atoms with Crippen LogP contribution in [0.4, 0.5) is 10.5 Å². The summed E-state index contributed by atoms with van der Waals surface area (Å²) in [6.07, 6.45) is 1.38. The molecule has 0 radical (unpaired) electrons. The maximum atomic E-state index is 11.7. The first-order chi connectivity index (χ1) is 7.49. The Hall–Kier alpha value is -0.880. The number of carbonyl (C=O) groups excluding carboxylic acids is 1. The van der Waals surface area contributed by atoms with Crippen LogP contribution in [-0.2, 0) is 16.3 Å². The normalized spacial score (nSPS) is 17.6. The number of nitrogens with one attached hydrogen (secondary N) is 1. The fraction of sp³-hybridized carbons (Fsp3) is 0.300. The Balaban J connectivity index is 2.43. The van der Waals surface area contributed by atoms with Crippen LogP contribution in [0.5, 0.6) is 0 Å². The van der Waals surface area contributed by atoms with Crippen LogP contribution in [0.25, 0.3) is 0 Å². The van der Waals surface area contributed by atoms with Crippen molar-refractivity contribution in [3.8, 4) is 0 Å². The molecule has 1 aromatic carbocycles. The van der Waals surface area contributed by atoms with Gasteiger partial charge in [0.2, 0.25) is 0 Å². The van der Waals surface area contributed by atoms with E-state index in [1.807, 2.05) is 0 Å². The molecule has 0 aromatic heterocycles. The third-order valence-corrected chi connectivity index (χ3v) is 4.59. The lowest BCUT2D eigenvalue weighted by Gasteiger charge is -2.16. The van der Waals surface area contributed by atoms with Crippen LogP contribution in [0, 0.1) is 0 Å². The van der Waals surface area contributed by atoms with Crippen molar-refractivity contribution in [2.45, 2.75) is 17.7 Å². The van der Waals surface area contributed by atoms with E-state index in [0.29, 0.717) is 17.0 Å². The van der Waals surface area contributed by atoms with Gasteiger partial charge in [-0.3, -0.25) is 4.79 Å². The molecule has 1 aromatic rings. The minimum atomic E-state index is -3.11. The lowest BCUT2D eigenvalue weighted by atomic mass is 10.1. The average Bonchev–Trinajstić information content (AvgIpc) is 2.15. The predicted octanol–water partition coefficient (Wildman–Crippen LogP) is 2.33. The van der Waals surface area contributed by atoms with Crippen LogP contribution < -0.4 is 5.32 Å². The fourth-order valence-electron chi connectivity index (χ4n) is 1.83. The van der Waals surface area contributed by atoms with E-state index in [4.69, 9.17) is 0 Å². The van der Waals surface area contributed by atoms with E-state index in [1.54, 1.807) is 18.2 Å². The van der Waals surface area contributed by atoms with E-state index in [0.717, 1.165) is 12.0 Å². The molecule has 0 fully saturated rings. The first-order valence-corrected chi connectivity index (χ1v) is 7.26. The molecule has 0 spiro atoms. The Kier molecular flexibility index (Phi) is 3.03. The van der Waals surface area contributed by atoms with Crippen molar-refractivity contribution in [2.24, 2.45) is 0 Å². The highest BCUT2D eigenvalue weighted by atomic mass is 79.9. The topological polar surface area (TPSA) is 63.2 Å². The summed E-state index contributed by atoms with van der Waals surface area (Å²) in [5.74, 6) is 0.212. The molecule has 1 aliphatic heterocycles. The van der Waals surface area contributed by atoms with E-state index >= 15 is 0 Å². The number of fused-ring (bicyclic) bond motifs is 1. The Morgan fingerprint density at radius 1 is 1.38 bits per heavy atom. The maximum absolute atomic E-state index is 11.7. The second kappa shape index (κ2) is 4.18. The largest absolute Gasteiger partial charge is 0.317 e. The molecule has 0 saturated heterocycles. The lowest BCUT2D eigenvalue weighted by Crippen LogP contribution is -2.16. The van der Waals surface area contributed by atoms with E-state index in [-0.39, 0.29) is 10.6 Å². The minimum absolute atomic E-state index is 0.212. The molecule has 0 atom stereocenters. The second-order valence-electron chi connectivity index (χ2n) is 3.64. The molecular weight excluding hydrogens is 294 g/mol. The van der Waals surface area contributed by atoms with Crippen LogP contribution in [0.2, 0.25) is 0 Å². The second-order valence-corrected chi connectivity index (χ2v) is 6.44. The van der Waals surface area contributed by atoms with Gasteiger partial charge in [0.05, 0.1) is 10.6 Å². The van der Waals surface area contributed by atoms with E-state index < -0.39 is 9.84 Å². The summed E-state index contributed by atoms with van der Waals surface area (Å²) in [5, 5.41) is 2.57. The first-order valence-electron chi connectivity index (χ1n) is 4.81. The lowest BCUT2D eigenvalue weighted by molar-refractivity contribution is 0.270. The summed E-state index contributed by atoms with van der Waals surface area (Å²) in [6, 6.07) is 4.87. The molecule has 0 aliphatic carbocycles. The standard InChI is InChI=1S/C10H10BrNO3S/c11-10(13)12-8-3-4-9-7(6-8)2-1-5-16(9,14)15/h3-4,6H,1-2,5H2,(H,12,13). The number of hydrogen-bond acceptors (Lipinski definition) is 3. The molecule has 1 aliphatic rings. The smallest absolute Gasteiger partial charge is 0.291 e. The molecule has 1 heterocycles.